The summed E-state index contributed by atoms with van der Waals surface area (Å²) in [4.78, 5) is 17.2. The lowest BCUT2D eigenvalue weighted by Gasteiger charge is -2.02. The smallest absolute Gasteiger partial charge is 0.264 e. The number of phenols is 1. The van der Waals surface area contributed by atoms with E-state index >= 15 is 0 Å². The molecule has 4 rings (SSSR count). The largest absolute Gasteiger partial charge is 0.506 e. The number of aromatic hydroxyl groups is 1. The zero-order chi connectivity index (χ0) is 18.1. The Balaban J connectivity index is 1.67. The minimum atomic E-state index is -0.187. The fourth-order valence-electron chi connectivity index (χ4n) is 2.84. The third-order valence-corrected chi connectivity index (χ3v) is 5.02. The summed E-state index contributed by atoms with van der Waals surface area (Å²) in [6.45, 7) is 1.90. The number of nitrogens with one attached hydrogen (secondary N) is 1. The number of amides is 1. The number of fused-ring (bicyclic) bond motifs is 1. The SMILES string of the molecule is Cc1ccc(N=C2NC(=O)/C(=C/c3cccc4ccccc34)S2)c(O)c1. The van der Waals surface area contributed by atoms with Crippen molar-refractivity contribution in [3.63, 3.8) is 0 Å². The summed E-state index contributed by atoms with van der Waals surface area (Å²) < 4.78 is 0. The average Bonchev–Trinajstić information content (AvgIpc) is 2.97. The van der Waals surface area contributed by atoms with Crippen molar-refractivity contribution >= 4 is 45.4 Å². The van der Waals surface area contributed by atoms with Crippen molar-refractivity contribution in [2.75, 3.05) is 0 Å². The molecule has 0 aromatic heterocycles. The maximum absolute atomic E-state index is 12.3. The number of carbonyl (C=O) groups excluding carboxylic acids is 1. The first-order valence-corrected chi connectivity index (χ1v) is 8.99. The van der Waals surface area contributed by atoms with Crippen LogP contribution >= 0.6 is 11.8 Å². The molecule has 5 heteroatoms. The van der Waals surface area contributed by atoms with Gasteiger partial charge in [0.2, 0.25) is 0 Å². The summed E-state index contributed by atoms with van der Waals surface area (Å²) in [5, 5.41) is 15.4. The van der Waals surface area contributed by atoms with Crippen LogP contribution in [0.25, 0.3) is 16.8 Å². The summed E-state index contributed by atoms with van der Waals surface area (Å²) in [5.41, 5.74) is 2.37. The number of rotatable bonds is 2. The van der Waals surface area contributed by atoms with Gasteiger partial charge in [0.15, 0.2) is 5.17 Å². The molecule has 0 aliphatic carbocycles. The van der Waals surface area contributed by atoms with Crippen LogP contribution in [0.3, 0.4) is 0 Å². The highest BCUT2D eigenvalue weighted by atomic mass is 32.2. The number of hydrogen-bond acceptors (Lipinski definition) is 4. The van der Waals surface area contributed by atoms with E-state index in [0.29, 0.717) is 15.8 Å². The molecule has 0 atom stereocenters. The predicted molar refractivity (Wildman–Crippen MR) is 108 cm³/mol. The van der Waals surface area contributed by atoms with E-state index in [1.807, 2.05) is 61.5 Å². The molecule has 1 amide bonds. The number of hydrogen-bond donors (Lipinski definition) is 2. The van der Waals surface area contributed by atoms with Crippen LogP contribution in [0.1, 0.15) is 11.1 Å². The van der Waals surface area contributed by atoms with Crippen LogP contribution in [-0.2, 0) is 4.79 Å². The number of amidine groups is 1. The maximum Gasteiger partial charge on any atom is 0.264 e. The van der Waals surface area contributed by atoms with Gasteiger partial charge in [-0.05, 0) is 58.8 Å². The van der Waals surface area contributed by atoms with Crippen LogP contribution in [-0.4, -0.2) is 16.2 Å². The topological polar surface area (TPSA) is 61.7 Å². The molecule has 1 aliphatic rings. The maximum atomic E-state index is 12.3. The number of aliphatic imine (C=N–C) groups is 1. The van der Waals surface area contributed by atoms with Crippen LogP contribution in [0.15, 0.2) is 70.6 Å². The zero-order valence-electron chi connectivity index (χ0n) is 14.1. The van der Waals surface area contributed by atoms with E-state index in [0.717, 1.165) is 21.9 Å². The van der Waals surface area contributed by atoms with Crippen LogP contribution in [0.2, 0.25) is 0 Å². The zero-order valence-corrected chi connectivity index (χ0v) is 14.9. The molecule has 2 N–H and O–H groups in total. The van der Waals surface area contributed by atoms with Crippen molar-refractivity contribution in [3.8, 4) is 5.75 Å². The van der Waals surface area contributed by atoms with Crippen LogP contribution in [0, 0.1) is 6.92 Å². The summed E-state index contributed by atoms with van der Waals surface area (Å²) in [7, 11) is 0. The van der Waals surface area contributed by atoms with Gasteiger partial charge in [-0.25, -0.2) is 4.99 Å². The third kappa shape index (κ3) is 3.21. The molecule has 3 aromatic carbocycles. The van der Waals surface area contributed by atoms with Gasteiger partial charge < -0.3 is 10.4 Å². The molecular weight excluding hydrogens is 344 g/mol. The molecule has 1 fully saturated rings. The molecule has 1 saturated heterocycles. The van der Waals surface area contributed by atoms with Gasteiger partial charge in [0.1, 0.15) is 11.4 Å². The second kappa shape index (κ2) is 6.69. The first-order chi connectivity index (χ1) is 12.6. The van der Waals surface area contributed by atoms with Crippen LogP contribution in [0.4, 0.5) is 5.69 Å². The normalized spacial score (nSPS) is 17.2. The summed E-state index contributed by atoms with van der Waals surface area (Å²) in [5.74, 6) is -0.0906. The molecule has 0 saturated carbocycles. The van der Waals surface area contributed by atoms with Gasteiger partial charge in [0.25, 0.3) is 5.91 Å². The van der Waals surface area contributed by atoms with E-state index in [-0.39, 0.29) is 11.7 Å². The third-order valence-electron chi connectivity index (χ3n) is 4.11. The van der Waals surface area contributed by atoms with E-state index in [1.54, 1.807) is 12.1 Å². The van der Waals surface area contributed by atoms with Gasteiger partial charge in [-0.15, -0.1) is 0 Å². The Bertz CT molecular complexity index is 1080. The van der Waals surface area contributed by atoms with Gasteiger partial charge >= 0.3 is 0 Å². The standard InChI is InChI=1S/C21H16N2O2S/c1-13-9-10-17(18(24)11-13)22-21-23-20(25)19(26-21)12-15-7-4-6-14-5-2-3-8-16(14)15/h2-12,24H,1H3,(H,22,23,25)/b19-12-. The van der Waals surface area contributed by atoms with E-state index in [4.69, 9.17) is 0 Å². The monoisotopic (exact) mass is 360 g/mol. The molecule has 1 aliphatic heterocycles. The number of phenolic OH excluding ortho intramolecular Hbond substituents is 1. The predicted octanol–water partition coefficient (Wildman–Crippen LogP) is 4.75. The highest BCUT2D eigenvalue weighted by Crippen LogP contribution is 2.33. The Labute approximate surface area is 155 Å². The van der Waals surface area contributed by atoms with E-state index < -0.39 is 0 Å². The minimum Gasteiger partial charge on any atom is -0.506 e. The van der Waals surface area contributed by atoms with Crippen LogP contribution in [0.5, 0.6) is 5.75 Å². The fourth-order valence-corrected chi connectivity index (χ4v) is 3.66. The summed E-state index contributed by atoms with van der Waals surface area (Å²) >= 11 is 1.27. The Morgan fingerprint density at radius 2 is 1.88 bits per heavy atom. The van der Waals surface area contributed by atoms with E-state index in [1.165, 1.54) is 11.8 Å². The minimum absolute atomic E-state index is 0.0961. The lowest BCUT2D eigenvalue weighted by atomic mass is 10.0. The van der Waals surface area contributed by atoms with Crippen molar-refractivity contribution in [1.82, 2.24) is 5.32 Å². The first kappa shape index (κ1) is 16.4. The van der Waals surface area contributed by atoms with E-state index in [2.05, 4.69) is 10.3 Å². The van der Waals surface area contributed by atoms with Crippen molar-refractivity contribution in [3.05, 3.63) is 76.7 Å². The first-order valence-electron chi connectivity index (χ1n) is 8.17. The van der Waals surface area contributed by atoms with Crippen molar-refractivity contribution in [1.29, 1.82) is 0 Å². The van der Waals surface area contributed by atoms with Crippen molar-refractivity contribution in [2.45, 2.75) is 6.92 Å². The number of aryl methyl sites for hydroxylation is 1. The molecule has 3 aromatic rings. The Kier molecular flexibility index (Phi) is 4.22. The Hall–Kier alpha value is -3.05. The van der Waals surface area contributed by atoms with Crippen LogP contribution < -0.4 is 5.32 Å². The fraction of sp³-hybridized carbons (Fsp3) is 0.0476. The van der Waals surface area contributed by atoms with Crippen molar-refractivity contribution in [2.24, 2.45) is 4.99 Å². The number of thioether (sulfide) groups is 1. The van der Waals surface area contributed by atoms with Crippen molar-refractivity contribution < 1.29 is 9.90 Å². The summed E-state index contributed by atoms with van der Waals surface area (Å²) in [6, 6.07) is 19.3. The molecule has 128 valence electrons. The highest BCUT2D eigenvalue weighted by molar-refractivity contribution is 8.18. The number of carbonyl (C=O) groups is 1. The van der Waals surface area contributed by atoms with Gasteiger partial charge in [0.05, 0.1) is 4.91 Å². The molecule has 0 bridgehead atoms. The molecular formula is C21H16N2O2S. The van der Waals surface area contributed by atoms with Gasteiger partial charge in [-0.3, -0.25) is 4.79 Å². The molecule has 1 heterocycles. The van der Waals surface area contributed by atoms with E-state index in [9.17, 15) is 9.90 Å². The number of nitrogens with zero attached hydrogens (tertiary/aromatic N) is 1. The molecule has 26 heavy (non-hydrogen) atoms. The Morgan fingerprint density at radius 3 is 2.73 bits per heavy atom. The van der Waals surface area contributed by atoms with Gasteiger partial charge in [0, 0.05) is 0 Å². The van der Waals surface area contributed by atoms with Gasteiger partial charge in [-0.1, -0.05) is 48.5 Å². The molecule has 4 nitrogen and oxygen atoms in total. The average molecular weight is 360 g/mol. The molecule has 0 unspecified atom stereocenters. The second-order valence-corrected chi connectivity index (χ2v) is 7.07. The summed E-state index contributed by atoms with van der Waals surface area (Å²) in [6.07, 6.45) is 1.87. The number of benzene rings is 3. The second-order valence-electron chi connectivity index (χ2n) is 6.04. The molecule has 0 spiro atoms. The lowest BCUT2D eigenvalue weighted by Crippen LogP contribution is -2.19. The van der Waals surface area contributed by atoms with Gasteiger partial charge in [-0.2, -0.15) is 0 Å². The lowest BCUT2D eigenvalue weighted by molar-refractivity contribution is -0.115. The Morgan fingerprint density at radius 1 is 1.08 bits per heavy atom. The highest BCUT2D eigenvalue weighted by Gasteiger charge is 2.24. The quantitative estimate of drug-likeness (QED) is 0.649. The molecule has 0 radical (unpaired) electrons.